The van der Waals surface area contributed by atoms with Crippen molar-refractivity contribution in [3.8, 4) is 0 Å². The molecule has 0 saturated carbocycles. The fourth-order valence-corrected chi connectivity index (χ4v) is 9.93. The zero-order valence-electron chi connectivity index (χ0n) is 54.0. The first-order chi connectivity index (χ1) is 44.3. The van der Waals surface area contributed by atoms with Crippen LogP contribution in [0.25, 0.3) is 0 Å². The molecule has 17 unspecified atom stereocenters. The first-order valence-electron chi connectivity index (χ1n) is 33.2. The third-order valence-electron chi connectivity index (χ3n) is 15.3. The fourth-order valence-electron chi connectivity index (χ4n) is 9.93. The van der Waals surface area contributed by atoms with Crippen LogP contribution < -0.4 is 5.32 Å². The van der Waals surface area contributed by atoms with Crippen LogP contribution in [0.5, 0.6) is 0 Å². The molecule has 0 bridgehead atoms. The number of hydrogen-bond donors (Lipinski definition) is 12. The van der Waals surface area contributed by atoms with Crippen molar-refractivity contribution in [1.82, 2.24) is 5.32 Å². The van der Waals surface area contributed by atoms with Crippen molar-refractivity contribution < 1.29 is 89.4 Å². The van der Waals surface area contributed by atoms with E-state index in [1.54, 1.807) is 6.08 Å². The molecule has 0 aromatic heterocycles. The first kappa shape index (κ1) is 80.6. The minimum Gasteiger partial charge on any atom is -0.394 e. The molecule has 0 aliphatic carbocycles. The quantitative estimate of drug-likeness (QED) is 0.0202. The number of nitrogens with one attached hydrogen (secondary N) is 1. The Bertz CT molecular complexity index is 2270. The molecule has 12 N–H and O–H groups in total. The second kappa shape index (κ2) is 51.8. The summed E-state index contributed by atoms with van der Waals surface area (Å²) in [5, 5.41) is 120. The van der Waals surface area contributed by atoms with Gasteiger partial charge in [-0.15, -0.1) is 0 Å². The Morgan fingerprint density at radius 3 is 1.18 bits per heavy atom. The SMILES string of the molecule is CC/C=C\C/C=C\C/C=C\C/C=C\C/C=C\C/C=C\C/C=C\C/C=C\C/C=C\C/C=C\C/C=C\C/C=C\CCCCCCC(=O)NC(COC1OC(CO)C(OC2OC(CO)C(OC3OC(CO)C(O)C(O)C3O)C(O)C2O)C(O)C1O)C(O)/C=C/CCCCC. The Hall–Kier alpha value is -4.59. The van der Waals surface area contributed by atoms with Gasteiger partial charge in [0.05, 0.1) is 38.6 Å². The Morgan fingerprint density at radius 1 is 0.407 bits per heavy atom. The summed E-state index contributed by atoms with van der Waals surface area (Å²) < 4.78 is 34.0. The van der Waals surface area contributed by atoms with Gasteiger partial charge in [0.15, 0.2) is 18.9 Å². The lowest BCUT2D eigenvalue weighted by Gasteiger charge is -2.48. The lowest BCUT2D eigenvalue weighted by Crippen LogP contribution is -2.66. The van der Waals surface area contributed by atoms with Crippen molar-refractivity contribution in [2.45, 2.75) is 259 Å². The Labute approximate surface area is 542 Å². The summed E-state index contributed by atoms with van der Waals surface area (Å²) in [6.45, 7) is 1.41. The van der Waals surface area contributed by atoms with Gasteiger partial charge in [-0.05, 0) is 109 Å². The lowest BCUT2D eigenvalue weighted by atomic mass is 9.96. The van der Waals surface area contributed by atoms with Crippen molar-refractivity contribution in [1.29, 1.82) is 0 Å². The molecule has 17 atom stereocenters. The molecule has 19 heteroatoms. The smallest absolute Gasteiger partial charge is 0.220 e. The third-order valence-corrected chi connectivity index (χ3v) is 15.3. The molecule has 0 spiro atoms. The molecule has 0 radical (unpaired) electrons. The Balaban J connectivity index is 1.29. The van der Waals surface area contributed by atoms with Crippen LogP contribution >= 0.6 is 0 Å². The predicted molar refractivity (Wildman–Crippen MR) is 355 cm³/mol. The van der Waals surface area contributed by atoms with Gasteiger partial charge in [-0.3, -0.25) is 4.79 Å². The van der Waals surface area contributed by atoms with E-state index >= 15 is 0 Å². The minimum atomic E-state index is -1.99. The molecule has 91 heavy (non-hydrogen) atoms. The second-order valence-corrected chi connectivity index (χ2v) is 22.8. The second-order valence-electron chi connectivity index (χ2n) is 22.8. The highest BCUT2D eigenvalue weighted by atomic mass is 16.8. The van der Waals surface area contributed by atoms with Crippen LogP contribution in [0.1, 0.15) is 155 Å². The Morgan fingerprint density at radius 2 is 0.758 bits per heavy atom. The zero-order valence-corrected chi connectivity index (χ0v) is 54.0. The predicted octanol–water partition coefficient (Wildman–Crippen LogP) is 8.15. The molecule has 3 aliphatic rings. The maximum absolute atomic E-state index is 13.2. The van der Waals surface area contributed by atoms with Gasteiger partial charge in [0.25, 0.3) is 0 Å². The van der Waals surface area contributed by atoms with Gasteiger partial charge in [0.2, 0.25) is 5.91 Å². The average molecular weight is 1280 g/mol. The normalized spacial score (nSPS) is 28.9. The number of carbonyl (C=O) groups excluding carboxylic acids is 1. The van der Waals surface area contributed by atoms with Gasteiger partial charge in [-0.1, -0.05) is 198 Å². The van der Waals surface area contributed by atoms with Crippen LogP contribution in [0.15, 0.2) is 158 Å². The highest BCUT2D eigenvalue weighted by molar-refractivity contribution is 5.76. The number of aliphatic hydroxyl groups excluding tert-OH is 11. The van der Waals surface area contributed by atoms with E-state index in [9.17, 15) is 61.0 Å². The van der Waals surface area contributed by atoms with Crippen molar-refractivity contribution in [2.24, 2.45) is 0 Å². The fraction of sp³-hybridized carbons (Fsp3) is 0.625. The van der Waals surface area contributed by atoms with Crippen LogP contribution in [-0.4, -0.2) is 193 Å². The first-order valence-corrected chi connectivity index (χ1v) is 33.2. The van der Waals surface area contributed by atoms with Crippen LogP contribution in [0.2, 0.25) is 0 Å². The number of amides is 1. The van der Waals surface area contributed by atoms with E-state index in [1.807, 2.05) is 6.08 Å². The number of hydrogen-bond acceptors (Lipinski definition) is 18. The van der Waals surface area contributed by atoms with E-state index in [1.165, 1.54) is 0 Å². The van der Waals surface area contributed by atoms with Gasteiger partial charge in [0, 0.05) is 6.42 Å². The monoisotopic (exact) mass is 1280 g/mol. The lowest BCUT2D eigenvalue weighted by molar-refractivity contribution is -0.379. The summed E-state index contributed by atoms with van der Waals surface area (Å²) in [6.07, 6.45) is 49.0. The number of ether oxygens (including phenoxy) is 6. The van der Waals surface area contributed by atoms with Gasteiger partial charge >= 0.3 is 0 Å². The largest absolute Gasteiger partial charge is 0.394 e. The molecule has 3 rings (SSSR count). The summed E-state index contributed by atoms with van der Waals surface area (Å²) in [5.41, 5.74) is 0. The molecule has 3 saturated heterocycles. The summed E-state index contributed by atoms with van der Waals surface area (Å²) in [4.78, 5) is 13.2. The molecule has 3 fully saturated rings. The van der Waals surface area contributed by atoms with Crippen LogP contribution in [-0.2, 0) is 33.2 Å². The number of allylic oxidation sites excluding steroid dienone is 25. The van der Waals surface area contributed by atoms with E-state index in [2.05, 4.69) is 165 Å². The number of rotatable bonds is 47. The number of aliphatic hydroxyl groups is 11. The van der Waals surface area contributed by atoms with Gasteiger partial charge in [-0.25, -0.2) is 0 Å². The van der Waals surface area contributed by atoms with Crippen LogP contribution in [0, 0.1) is 0 Å². The van der Waals surface area contributed by atoms with Crippen molar-refractivity contribution >= 4 is 5.91 Å². The molecule has 0 aromatic carbocycles. The number of carbonyl (C=O) groups is 1. The van der Waals surface area contributed by atoms with Crippen LogP contribution in [0.4, 0.5) is 0 Å². The standard InChI is InChI=1S/C72H113NO18/c1-3-5-7-9-10-11-12-13-14-15-16-17-18-19-20-21-22-23-24-25-26-27-28-29-30-31-32-33-34-35-36-37-38-39-40-41-42-43-44-46-48-50-60(78)73-55(56(77)49-47-45-8-6-4-2)54-86-70-66(84)63(81)68(58(52-75)88-70)91-72-67(85)64(82)69(59(53-76)89-72)90-71-65(83)62(80)61(79)57(51-74)87-71/h5,7,10-11,13-14,16-17,19-20,22-23,25-26,28-29,31-32,34-35,37-38,40-41,47,49,55-59,61-72,74-77,79-85H,3-4,6,8-9,12,15,18,21,24,27,30,33,36,39,42-46,48,50-54H2,1-2H3,(H,73,78)/b7-5-,11-10-,14-13-,17-16-,20-19-,23-22-,26-25-,29-28-,32-31-,35-34-,38-37-,41-40-,49-47+. The number of unbranched alkanes of at least 4 members (excludes halogenated alkanes) is 7. The van der Waals surface area contributed by atoms with Gasteiger partial charge < -0.3 is 89.9 Å². The summed E-state index contributed by atoms with van der Waals surface area (Å²) in [6, 6.07) is -0.994. The van der Waals surface area contributed by atoms with E-state index < -0.39 is 124 Å². The molecule has 1 amide bonds. The van der Waals surface area contributed by atoms with Crippen LogP contribution in [0.3, 0.4) is 0 Å². The molecule has 19 nitrogen and oxygen atoms in total. The third kappa shape index (κ3) is 33.9. The zero-order chi connectivity index (χ0) is 66.1. The van der Waals surface area contributed by atoms with E-state index in [-0.39, 0.29) is 18.9 Å². The van der Waals surface area contributed by atoms with E-state index in [0.717, 1.165) is 122 Å². The van der Waals surface area contributed by atoms with Crippen molar-refractivity contribution in [3.05, 3.63) is 158 Å². The Kier molecular flexibility index (Phi) is 45.9. The average Bonchev–Trinajstić information content (AvgIpc) is 0.864. The van der Waals surface area contributed by atoms with Gasteiger partial charge in [0.1, 0.15) is 73.2 Å². The summed E-state index contributed by atoms with van der Waals surface area (Å²) in [7, 11) is 0. The highest BCUT2D eigenvalue weighted by Gasteiger charge is 2.53. The molecular formula is C72H113NO18. The maximum Gasteiger partial charge on any atom is 0.220 e. The molecule has 0 aromatic rings. The topological polar surface area (TPSA) is 307 Å². The molecule has 3 heterocycles. The highest BCUT2D eigenvalue weighted by Crippen LogP contribution is 2.33. The molecule has 3 aliphatic heterocycles. The molecule has 514 valence electrons. The molecular weight excluding hydrogens is 1170 g/mol. The van der Waals surface area contributed by atoms with E-state index in [4.69, 9.17) is 28.4 Å². The minimum absolute atomic E-state index is 0.201. The summed E-state index contributed by atoms with van der Waals surface area (Å²) >= 11 is 0. The van der Waals surface area contributed by atoms with Gasteiger partial charge in [-0.2, -0.15) is 0 Å². The van der Waals surface area contributed by atoms with Crippen molar-refractivity contribution in [2.75, 3.05) is 26.4 Å². The van der Waals surface area contributed by atoms with Crippen molar-refractivity contribution in [3.63, 3.8) is 0 Å². The van der Waals surface area contributed by atoms with E-state index in [0.29, 0.717) is 12.8 Å². The maximum atomic E-state index is 13.2. The summed E-state index contributed by atoms with van der Waals surface area (Å²) in [5.74, 6) is -0.316.